The van der Waals surface area contributed by atoms with Crippen LogP contribution < -0.4 is 5.32 Å². The number of nitrogens with one attached hydrogen (secondary N) is 1. The van der Waals surface area contributed by atoms with Gasteiger partial charge in [0.15, 0.2) is 0 Å². The number of hydrogen-bond donors (Lipinski definition) is 2. The minimum Gasteiger partial charge on any atom is -0.481 e. The van der Waals surface area contributed by atoms with E-state index >= 15 is 0 Å². The Morgan fingerprint density at radius 1 is 1.14 bits per heavy atom. The molecule has 1 fully saturated rings. The zero-order chi connectivity index (χ0) is 15.8. The zero-order valence-corrected chi connectivity index (χ0v) is 13.0. The minimum absolute atomic E-state index is 0.00814. The second kappa shape index (κ2) is 8.57. The van der Waals surface area contributed by atoms with Crippen LogP contribution in [0.1, 0.15) is 44.1 Å². The van der Waals surface area contributed by atoms with E-state index in [2.05, 4.69) is 5.32 Å². The van der Waals surface area contributed by atoms with E-state index in [1.807, 2.05) is 30.3 Å². The van der Waals surface area contributed by atoms with E-state index in [0.29, 0.717) is 18.8 Å². The van der Waals surface area contributed by atoms with E-state index in [4.69, 9.17) is 0 Å². The molecule has 1 aliphatic carbocycles. The van der Waals surface area contributed by atoms with Gasteiger partial charge < -0.3 is 10.4 Å². The minimum atomic E-state index is -0.859. The molecule has 1 aromatic carbocycles. The number of hydrogen-bond acceptors (Lipinski definition) is 2. The largest absolute Gasteiger partial charge is 0.481 e. The van der Waals surface area contributed by atoms with Crippen molar-refractivity contribution in [2.24, 2.45) is 11.8 Å². The van der Waals surface area contributed by atoms with Gasteiger partial charge in [-0.3, -0.25) is 9.59 Å². The van der Waals surface area contributed by atoms with Gasteiger partial charge in [-0.25, -0.2) is 0 Å². The third kappa shape index (κ3) is 5.51. The van der Waals surface area contributed by atoms with Gasteiger partial charge >= 0.3 is 5.97 Å². The van der Waals surface area contributed by atoms with Gasteiger partial charge in [-0.2, -0.15) is 0 Å². The lowest BCUT2D eigenvalue weighted by atomic mass is 9.87. The Bertz CT molecular complexity index is 480. The molecule has 2 N–H and O–H groups in total. The first-order valence-electron chi connectivity index (χ1n) is 8.18. The predicted molar refractivity (Wildman–Crippen MR) is 85.5 cm³/mol. The van der Waals surface area contributed by atoms with Crippen LogP contribution in [0.4, 0.5) is 0 Å². The highest BCUT2D eigenvalue weighted by Crippen LogP contribution is 2.26. The Hall–Kier alpha value is -1.84. The lowest BCUT2D eigenvalue weighted by Crippen LogP contribution is -2.35. The van der Waals surface area contributed by atoms with Crippen LogP contribution in [0.15, 0.2) is 30.3 Å². The molecule has 1 aromatic rings. The molecule has 4 heteroatoms. The Labute approximate surface area is 131 Å². The Balaban J connectivity index is 1.78. The number of carboxylic acid groups (broad SMARTS) is 1. The van der Waals surface area contributed by atoms with Crippen molar-refractivity contribution in [2.45, 2.75) is 44.9 Å². The van der Waals surface area contributed by atoms with Crippen molar-refractivity contribution < 1.29 is 14.7 Å². The number of carbonyl (C=O) groups excluding carboxylic acids is 1. The second-order valence-electron chi connectivity index (χ2n) is 6.24. The van der Waals surface area contributed by atoms with Crippen molar-refractivity contribution in [3.05, 3.63) is 35.9 Å². The first kappa shape index (κ1) is 16.5. The Morgan fingerprint density at radius 3 is 2.45 bits per heavy atom. The molecular weight excluding hydrogens is 278 g/mol. The summed E-state index contributed by atoms with van der Waals surface area (Å²) in [6.45, 7) is 0.204. The molecule has 120 valence electrons. The van der Waals surface area contributed by atoms with Crippen LogP contribution >= 0.6 is 0 Å². The average Bonchev–Trinajstić information content (AvgIpc) is 2.53. The highest BCUT2D eigenvalue weighted by atomic mass is 16.4. The van der Waals surface area contributed by atoms with Crippen molar-refractivity contribution >= 4 is 11.9 Å². The summed E-state index contributed by atoms with van der Waals surface area (Å²) in [6.07, 6.45) is 6.93. The normalized spacial score (nSPS) is 16.9. The summed E-state index contributed by atoms with van der Waals surface area (Å²) < 4.78 is 0. The van der Waals surface area contributed by atoms with Crippen LogP contribution in [0.3, 0.4) is 0 Å². The van der Waals surface area contributed by atoms with E-state index in [9.17, 15) is 14.7 Å². The maximum absolute atomic E-state index is 12.0. The van der Waals surface area contributed by atoms with Gasteiger partial charge in [0.2, 0.25) is 5.91 Å². The van der Waals surface area contributed by atoms with Crippen LogP contribution in [0.5, 0.6) is 0 Å². The van der Waals surface area contributed by atoms with Crippen molar-refractivity contribution in [3.8, 4) is 0 Å². The summed E-state index contributed by atoms with van der Waals surface area (Å²) in [5, 5.41) is 12.1. The van der Waals surface area contributed by atoms with Crippen LogP contribution in [-0.2, 0) is 16.0 Å². The number of amides is 1. The summed E-state index contributed by atoms with van der Waals surface area (Å²) in [7, 11) is 0. The fourth-order valence-electron chi connectivity index (χ4n) is 3.11. The smallest absolute Gasteiger partial charge is 0.308 e. The topological polar surface area (TPSA) is 66.4 Å². The molecule has 1 unspecified atom stereocenters. The molecule has 1 saturated carbocycles. The Morgan fingerprint density at radius 2 is 1.82 bits per heavy atom. The maximum atomic E-state index is 12.0. The van der Waals surface area contributed by atoms with E-state index in [1.54, 1.807) is 0 Å². The van der Waals surface area contributed by atoms with E-state index in [0.717, 1.165) is 18.4 Å². The lowest BCUT2D eigenvalue weighted by molar-refractivity contribution is -0.141. The van der Waals surface area contributed by atoms with Gasteiger partial charge in [-0.15, -0.1) is 0 Å². The summed E-state index contributed by atoms with van der Waals surface area (Å²) in [5.74, 6) is -0.961. The summed E-state index contributed by atoms with van der Waals surface area (Å²) >= 11 is 0. The van der Waals surface area contributed by atoms with Crippen molar-refractivity contribution in [2.75, 3.05) is 6.54 Å². The van der Waals surface area contributed by atoms with Crippen molar-refractivity contribution in [1.82, 2.24) is 5.32 Å². The van der Waals surface area contributed by atoms with E-state index in [-0.39, 0.29) is 12.5 Å². The summed E-state index contributed by atoms with van der Waals surface area (Å²) in [5.41, 5.74) is 0.983. The van der Waals surface area contributed by atoms with Crippen molar-refractivity contribution in [1.29, 1.82) is 0 Å². The molecule has 1 atom stereocenters. The molecule has 0 radical (unpaired) electrons. The number of carboxylic acids is 1. The monoisotopic (exact) mass is 303 g/mol. The third-order valence-electron chi connectivity index (χ3n) is 4.42. The molecule has 2 rings (SSSR count). The Kier molecular flexibility index (Phi) is 6.44. The molecule has 4 nitrogen and oxygen atoms in total. The maximum Gasteiger partial charge on any atom is 0.308 e. The highest BCUT2D eigenvalue weighted by molar-refractivity contribution is 5.77. The summed E-state index contributed by atoms with van der Waals surface area (Å²) in [4.78, 5) is 23.3. The molecule has 1 aliphatic rings. The summed E-state index contributed by atoms with van der Waals surface area (Å²) in [6, 6.07) is 9.54. The van der Waals surface area contributed by atoms with Gasteiger partial charge in [0, 0.05) is 13.0 Å². The molecular formula is C18H25NO3. The quantitative estimate of drug-likeness (QED) is 0.813. The fraction of sp³-hybridized carbons (Fsp3) is 0.556. The number of benzene rings is 1. The number of carbonyl (C=O) groups is 2. The highest BCUT2D eigenvalue weighted by Gasteiger charge is 2.21. The van der Waals surface area contributed by atoms with Gasteiger partial charge in [0.25, 0.3) is 0 Å². The van der Waals surface area contributed by atoms with E-state index < -0.39 is 11.9 Å². The molecule has 0 spiro atoms. The second-order valence-corrected chi connectivity index (χ2v) is 6.24. The van der Waals surface area contributed by atoms with Gasteiger partial charge in [0.1, 0.15) is 0 Å². The number of rotatable bonds is 7. The molecule has 1 amide bonds. The first-order chi connectivity index (χ1) is 10.6. The third-order valence-corrected chi connectivity index (χ3v) is 4.42. The predicted octanol–water partition coefficient (Wildman–Crippen LogP) is 3.02. The number of aliphatic carboxylic acids is 1. The van der Waals surface area contributed by atoms with Gasteiger partial charge in [-0.05, 0) is 30.7 Å². The van der Waals surface area contributed by atoms with E-state index in [1.165, 1.54) is 19.3 Å². The van der Waals surface area contributed by atoms with Crippen LogP contribution in [0.25, 0.3) is 0 Å². The lowest BCUT2D eigenvalue weighted by Gasteiger charge is -2.21. The fourth-order valence-corrected chi connectivity index (χ4v) is 3.11. The van der Waals surface area contributed by atoms with Crippen LogP contribution in [0, 0.1) is 11.8 Å². The molecule has 0 heterocycles. The zero-order valence-electron chi connectivity index (χ0n) is 13.0. The van der Waals surface area contributed by atoms with Gasteiger partial charge in [0.05, 0.1) is 5.92 Å². The van der Waals surface area contributed by atoms with Crippen LogP contribution in [-0.4, -0.2) is 23.5 Å². The first-order valence-corrected chi connectivity index (χ1v) is 8.18. The SMILES string of the molecule is O=C(CC1CCCCC1)NCC(Cc1ccccc1)C(=O)O. The molecule has 0 aromatic heterocycles. The van der Waals surface area contributed by atoms with Gasteiger partial charge in [-0.1, -0.05) is 49.6 Å². The molecule has 0 aliphatic heterocycles. The van der Waals surface area contributed by atoms with Crippen LogP contribution in [0.2, 0.25) is 0 Å². The average molecular weight is 303 g/mol. The van der Waals surface area contributed by atoms with Crippen molar-refractivity contribution in [3.63, 3.8) is 0 Å². The molecule has 22 heavy (non-hydrogen) atoms. The molecule has 0 bridgehead atoms. The molecule has 0 saturated heterocycles. The standard InChI is InChI=1S/C18H25NO3/c20-17(12-15-9-5-2-6-10-15)19-13-16(18(21)22)11-14-7-3-1-4-8-14/h1,3-4,7-8,15-16H,2,5-6,9-13H2,(H,19,20)(H,21,22).